The first kappa shape index (κ1) is 12.5. The van der Waals surface area contributed by atoms with Gasteiger partial charge in [0.15, 0.2) is 0 Å². The van der Waals surface area contributed by atoms with Crippen molar-refractivity contribution < 1.29 is 4.42 Å². The molecule has 18 heavy (non-hydrogen) atoms. The molecule has 0 saturated carbocycles. The summed E-state index contributed by atoms with van der Waals surface area (Å²) in [7, 11) is 0. The van der Waals surface area contributed by atoms with Gasteiger partial charge in [0.25, 0.3) is 0 Å². The van der Waals surface area contributed by atoms with Crippen molar-refractivity contribution in [1.82, 2.24) is 9.97 Å². The Morgan fingerprint density at radius 2 is 2.33 bits per heavy atom. The third-order valence-corrected chi connectivity index (χ3v) is 2.65. The van der Waals surface area contributed by atoms with Crippen molar-refractivity contribution in [2.24, 2.45) is 5.73 Å². The Morgan fingerprint density at radius 1 is 1.50 bits per heavy atom. The highest BCUT2D eigenvalue weighted by molar-refractivity contribution is 7.80. The minimum Gasteiger partial charge on any atom is -0.444 e. The molecule has 2 heterocycles. The van der Waals surface area contributed by atoms with Crippen LogP contribution in [0.3, 0.4) is 0 Å². The first-order chi connectivity index (χ1) is 8.69. The van der Waals surface area contributed by atoms with Crippen molar-refractivity contribution in [3.63, 3.8) is 0 Å². The van der Waals surface area contributed by atoms with E-state index in [1.165, 1.54) is 0 Å². The Hall–Kier alpha value is -1.95. The molecule has 0 atom stereocenters. The van der Waals surface area contributed by atoms with Crippen LogP contribution in [0.25, 0.3) is 0 Å². The van der Waals surface area contributed by atoms with Crippen LogP contribution in [0.5, 0.6) is 0 Å². The summed E-state index contributed by atoms with van der Waals surface area (Å²) in [5.74, 6) is 2.20. The molecule has 0 amide bonds. The molecule has 6 heteroatoms. The molecule has 2 aromatic rings. The second-order valence-electron chi connectivity index (χ2n) is 3.72. The Bertz CT molecular complexity index is 553. The van der Waals surface area contributed by atoms with E-state index in [1.54, 1.807) is 24.5 Å². The van der Waals surface area contributed by atoms with E-state index in [2.05, 4.69) is 15.3 Å². The predicted octanol–water partition coefficient (Wildman–Crippen LogP) is 1.88. The van der Waals surface area contributed by atoms with E-state index in [-0.39, 0.29) is 0 Å². The monoisotopic (exact) mass is 262 g/mol. The van der Waals surface area contributed by atoms with Gasteiger partial charge in [0, 0.05) is 18.2 Å². The van der Waals surface area contributed by atoms with E-state index < -0.39 is 0 Å². The molecule has 0 spiro atoms. The summed E-state index contributed by atoms with van der Waals surface area (Å²) < 4.78 is 5.48. The molecule has 0 aromatic carbocycles. The number of hydrogen-bond donors (Lipinski definition) is 2. The molecule has 0 aliphatic heterocycles. The molecular weight excluding hydrogens is 248 g/mol. The van der Waals surface area contributed by atoms with Gasteiger partial charge in [-0.1, -0.05) is 19.1 Å². The first-order valence-corrected chi connectivity index (χ1v) is 6.03. The van der Waals surface area contributed by atoms with Gasteiger partial charge in [0.1, 0.15) is 16.6 Å². The molecule has 0 unspecified atom stereocenters. The van der Waals surface area contributed by atoms with Gasteiger partial charge in [-0.2, -0.15) is 0 Å². The first-order valence-electron chi connectivity index (χ1n) is 5.62. The van der Waals surface area contributed by atoms with E-state index in [9.17, 15) is 0 Å². The van der Waals surface area contributed by atoms with E-state index in [0.717, 1.165) is 17.7 Å². The van der Waals surface area contributed by atoms with E-state index >= 15 is 0 Å². The van der Waals surface area contributed by atoms with Crippen LogP contribution < -0.4 is 11.1 Å². The number of rotatable bonds is 5. The summed E-state index contributed by atoms with van der Waals surface area (Å²) in [6, 6.07) is 3.57. The summed E-state index contributed by atoms with van der Waals surface area (Å²) in [5.41, 5.74) is 6.34. The van der Waals surface area contributed by atoms with E-state index in [0.29, 0.717) is 23.2 Å². The lowest BCUT2D eigenvalue weighted by Crippen LogP contribution is -2.10. The van der Waals surface area contributed by atoms with Crippen molar-refractivity contribution in [2.45, 2.75) is 19.9 Å². The quantitative estimate of drug-likeness (QED) is 0.801. The van der Waals surface area contributed by atoms with Gasteiger partial charge >= 0.3 is 0 Å². The number of pyridine rings is 1. The van der Waals surface area contributed by atoms with Gasteiger partial charge in [0.05, 0.1) is 12.7 Å². The Morgan fingerprint density at radius 3 is 3.00 bits per heavy atom. The van der Waals surface area contributed by atoms with Crippen LogP contribution in [0.1, 0.15) is 24.1 Å². The molecule has 0 radical (unpaired) electrons. The second-order valence-corrected chi connectivity index (χ2v) is 4.16. The minimum absolute atomic E-state index is 0.352. The zero-order valence-electron chi connectivity index (χ0n) is 10.0. The third-order valence-electron chi connectivity index (χ3n) is 2.42. The molecule has 0 aliphatic carbocycles. The maximum atomic E-state index is 5.56. The predicted molar refractivity (Wildman–Crippen MR) is 73.3 cm³/mol. The highest BCUT2D eigenvalue weighted by Crippen LogP contribution is 2.09. The molecule has 94 valence electrons. The van der Waals surface area contributed by atoms with Gasteiger partial charge in [-0.25, -0.2) is 9.97 Å². The number of thiocarbonyl (C=S) groups is 1. The lowest BCUT2D eigenvalue weighted by molar-refractivity contribution is 0.465. The van der Waals surface area contributed by atoms with Crippen LogP contribution in [0, 0.1) is 0 Å². The van der Waals surface area contributed by atoms with Crippen LogP contribution in [0.4, 0.5) is 5.82 Å². The summed E-state index contributed by atoms with van der Waals surface area (Å²) in [5, 5.41) is 3.11. The molecule has 0 aliphatic rings. The Kier molecular flexibility index (Phi) is 3.88. The molecule has 2 rings (SSSR count). The number of hydrogen-bond acceptors (Lipinski definition) is 5. The van der Waals surface area contributed by atoms with Crippen LogP contribution in [-0.4, -0.2) is 15.0 Å². The van der Waals surface area contributed by atoms with Crippen molar-refractivity contribution in [3.05, 3.63) is 41.7 Å². The van der Waals surface area contributed by atoms with Crippen molar-refractivity contribution in [2.75, 3.05) is 5.32 Å². The topological polar surface area (TPSA) is 77.0 Å². The average molecular weight is 262 g/mol. The van der Waals surface area contributed by atoms with Gasteiger partial charge in [-0.05, 0) is 12.1 Å². The lowest BCUT2D eigenvalue weighted by atomic mass is 10.2. The molecule has 5 nitrogen and oxygen atoms in total. The molecule has 3 N–H and O–H groups in total. The number of aromatic nitrogens is 2. The van der Waals surface area contributed by atoms with Gasteiger partial charge in [0.2, 0.25) is 5.89 Å². The molecule has 0 bridgehead atoms. The maximum Gasteiger partial charge on any atom is 0.213 e. The largest absolute Gasteiger partial charge is 0.444 e. The fourth-order valence-electron chi connectivity index (χ4n) is 1.44. The van der Waals surface area contributed by atoms with Gasteiger partial charge < -0.3 is 15.5 Å². The number of oxazole rings is 1. The van der Waals surface area contributed by atoms with Crippen LogP contribution in [0.2, 0.25) is 0 Å². The maximum absolute atomic E-state index is 5.56. The summed E-state index contributed by atoms with van der Waals surface area (Å²) >= 11 is 4.91. The summed E-state index contributed by atoms with van der Waals surface area (Å²) in [4.78, 5) is 8.67. The van der Waals surface area contributed by atoms with Gasteiger partial charge in [-0.15, -0.1) is 0 Å². The van der Waals surface area contributed by atoms with Crippen LogP contribution in [0.15, 0.2) is 28.9 Å². The normalized spacial score (nSPS) is 10.3. The Labute approximate surface area is 110 Å². The van der Waals surface area contributed by atoms with E-state index in [1.807, 2.05) is 6.92 Å². The molecule has 0 saturated heterocycles. The van der Waals surface area contributed by atoms with Crippen molar-refractivity contribution in [1.29, 1.82) is 0 Å². The number of nitrogens with one attached hydrogen (secondary N) is 1. The number of aryl methyl sites for hydroxylation is 1. The SMILES string of the molecule is CCc1cnc(CNc2cc(C(N)=S)ccn2)o1. The molecule has 0 fully saturated rings. The summed E-state index contributed by atoms with van der Waals surface area (Å²) in [6.45, 7) is 2.50. The Balaban J connectivity index is 2.01. The highest BCUT2D eigenvalue weighted by Gasteiger charge is 2.03. The average Bonchev–Trinajstić information content (AvgIpc) is 2.84. The fourth-order valence-corrected chi connectivity index (χ4v) is 1.57. The number of anilines is 1. The highest BCUT2D eigenvalue weighted by atomic mass is 32.1. The number of nitrogens with two attached hydrogens (primary N) is 1. The van der Waals surface area contributed by atoms with Crippen molar-refractivity contribution in [3.8, 4) is 0 Å². The standard InChI is InChI=1S/C12H14N4OS/c1-2-9-6-16-11(17-9)7-15-10-5-8(12(13)18)3-4-14-10/h3-6H,2,7H2,1H3,(H2,13,18)(H,14,15). The lowest BCUT2D eigenvalue weighted by Gasteiger charge is -2.04. The zero-order chi connectivity index (χ0) is 13.0. The van der Waals surface area contributed by atoms with E-state index in [4.69, 9.17) is 22.4 Å². The minimum atomic E-state index is 0.352. The molecule has 2 aromatic heterocycles. The van der Waals surface area contributed by atoms with Crippen LogP contribution >= 0.6 is 12.2 Å². The molecular formula is C12H14N4OS. The third kappa shape index (κ3) is 3.04. The smallest absolute Gasteiger partial charge is 0.213 e. The van der Waals surface area contributed by atoms with Crippen LogP contribution in [-0.2, 0) is 13.0 Å². The zero-order valence-corrected chi connectivity index (χ0v) is 10.8. The van der Waals surface area contributed by atoms with Gasteiger partial charge in [-0.3, -0.25) is 0 Å². The number of nitrogens with zero attached hydrogens (tertiary/aromatic N) is 2. The summed E-state index contributed by atoms with van der Waals surface area (Å²) in [6.07, 6.45) is 4.22. The second kappa shape index (κ2) is 5.59. The fraction of sp³-hybridized carbons (Fsp3) is 0.250. The van der Waals surface area contributed by atoms with Crippen molar-refractivity contribution >= 4 is 23.0 Å².